The molecule has 2 N–H and O–H groups in total. The average Bonchev–Trinajstić information content (AvgIpc) is 2.89. The van der Waals surface area contributed by atoms with Gasteiger partial charge in [0.2, 0.25) is 0 Å². The average molecular weight is 423 g/mol. The van der Waals surface area contributed by atoms with Gasteiger partial charge in [0.05, 0.1) is 33.5 Å². The third-order valence-electron chi connectivity index (χ3n) is 5.46. The van der Waals surface area contributed by atoms with Gasteiger partial charge in [-0.25, -0.2) is 0 Å². The van der Waals surface area contributed by atoms with E-state index in [1.807, 2.05) is 36.4 Å². The lowest BCUT2D eigenvalue weighted by Crippen LogP contribution is -2.52. The number of rotatable bonds is 2. The summed E-state index contributed by atoms with van der Waals surface area (Å²) in [6, 6.07) is 11.6. The topological polar surface area (TPSA) is 36.4 Å². The van der Waals surface area contributed by atoms with Crippen molar-refractivity contribution < 1.29 is 0 Å². The Balaban J connectivity index is 1.72. The summed E-state index contributed by atoms with van der Waals surface area (Å²) in [5, 5.41) is 9.14. The monoisotopic (exact) mass is 421 g/mol. The van der Waals surface area contributed by atoms with Crippen LogP contribution in [0, 0.1) is 0 Å². The van der Waals surface area contributed by atoms with Crippen LogP contribution in [0.1, 0.15) is 44.1 Å². The fourth-order valence-electron chi connectivity index (χ4n) is 3.99. The molecule has 1 heterocycles. The zero-order valence-electron chi connectivity index (χ0n) is 15.0. The van der Waals surface area contributed by atoms with Gasteiger partial charge in [0.15, 0.2) is 0 Å². The highest BCUT2D eigenvalue weighted by atomic mass is 35.5. The predicted octanol–water partition coefficient (Wildman–Crippen LogP) is 7.18. The SMILES string of the molecule is Clc1cc2c(cc1Cl)NC1(CCCCCC1)C(=NCc1ccccc1Cl)N2. The van der Waals surface area contributed by atoms with Crippen LogP contribution in [0.2, 0.25) is 15.1 Å². The molecule has 1 fully saturated rings. The van der Waals surface area contributed by atoms with Crippen LogP contribution in [-0.2, 0) is 6.54 Å². The van der Waals surface area contributed by atoms with E-state index in [9.17, 15) is 0 Å². The highest BCUT2D eigenvalue weighted by molar-refractivity contribution is 6.42. The Hall–Kier alpha value is -1.42. The van der Waals surface area contributed by atoms with Crippen LogP contribution >= 0.6 is 34.8 Å². The van der Waals surface area contributed by atoms with E-state index >= 15 is 0 Å². The number of fused-ring (bicyclic) bond motifs is 1. The number of anilines is 2. The summed E-state index contributed by atoms with van der Waals surface area (Å²) in [7, 11) is 0. The fourth-order valence-corrected chi connectivity index (χ4v) is 4.52. The van der Waals surface area contributed by atoms with Crippen molar-refractivity contribution in [1.82, 2.24) is 0 Å². The van der Waals surface area contributed by atoms with Gasteiger partial charge in [-0.3, -0.25) is 4.99 Å². The second-order valence-electron chi connectivity index (χ2n) is 7.31. The van der Waals surface area contributed by atoms with Gasteiger partial charge in [-0.2, -0.15) is 0 Å². The van der Waals surface area contributed by atoms with Crippen LogP contribution in [0.25, 0.3) is 0 Å². The van der Waals surface area contributed by atoms with Crippen LogP contribution < -0.4 is 10.6 Å². The molecule has 0 unspecified atom stereocenters. The molecule has 27 heavy (non-hydrogen) atoms. The zero-order valence-corrected chi connectivity index (χ0v) is 17.3. The van der Waals surface area contributed by atoms with Crippen molar-refractivity contribution in [3.05, 3.63) is 57.0 Å². The number of aliphatic imine (C=N–C) groups is 1. The van der Waals surface area contributed by atoms with E-state index in [0.29, 0.717) is 16.6 Å². The Kier molecular flexibility index (Phi) is 5.54. The zero-order chi connectivity index (χ0) is 18.9. The molecule has 2 aliphatic rings. The van der Waals surface area contributed by atoms with E-state index in [-0.39, 0.29) is 5.54 Å². The molecule has 0 bridgehead atoms. The molecule has 6 heteroatoms. The van der Waals surface area contributed by atoms with Crippen molar-refractivity contribution in [3.8, 4) is 0 Å². The summed E-state index contributed by atoms with van der Waals surface area (Å²) in [4.78, 5) is 4.97. The van der Waals surface area contributed by atoms with Gasteiger partial charge in [0.25, 0.3) is 0 Å². The number of halogens is 3. The maximum atomic E-state index is 6.33. The minimum absolute atomic E-state index is 0.193. The van der Waals surface area contributed by atoms with Crippen LogP contribution in [-0.4, -0.2) is 11.4 Å². The van der Waals surface area contributed by atoms with E-state index in [4.69, 9.17) is 39.8 Å². The van der Waals surface area contributed by atoms with Gasteiger partial charge in [0, 0.05) is 5.02 Å². The van der Waals surface area contributed by atoms with Gasteiger partial charge in [0.1, 0.15) is 5.84 Å². The van der Waals surface area contributed by atoms with E-state index in [2.05, 4.69) is 10.6 Å². The molecule has 0 aromatic heterocycles. The first-order chi connectivity index (χ1) is 13.1. The van der Waals surface area contributed by atoms with Gasteiger partial charge < -0.3 is 10.6 Å². The summed E-state index contributed by atoms with van der Waals surface area (Å²) in [6.45, 7) is 0.544. The Labute approximate surface area is 175 Å². The van der Waals surface area contributed by atoms with Crippen molar-refractivity contribution in [1.29, 1.82) is 0 Å². The minimum Gasteiger partial charge on any atom is -0.371 e. The quantitative estimate of drug-likeness (QED) is 0.538. The van der Waals surface area contributed by atoms with Gasteiger partial charge >= 0.3 is 0 Å². The highest BCUT2D eigenvalue weighted by Gasteiger charge is 2.40. The van der Waals surface area contributed by atoms with Crippen LogP contribution in [0.15, 0.2) is 41.4 Å². The van der Waals surface area contributed by atoms with Gasteiger partial charge in [-0.15, -0.1) is 0 Å². The molecule has 0 radical (unpaired) electrons. The molecule has 1 saturated carbocycles. The lowest BCUT2D eigenvalue weighted by Gasteiger charge is -2.41. The number of nitrogens with zero attached hydrogens (tertiary/aromatic N) is 1. The molecule has 0 saturated heterocycles. The van der Waals surface area contributed by atoms with Crippen LogP contribution in [0.5, 0.6) is 0 Å². The Bertz CT molecular complexity index is 871. The van der Waals surface area contributed by atoms with Crippen molar-refractivity contribution in [2.24, 2.45) is 4.99 Å². The number of hydrogen-bond donors (Lipinski definition) is 2. The molecule has 3 nitrogen and oxygen atoms in total. The van der Waals surface area contributed by atoms with E-state index in [0.717, 1.165) is 40.6 Å². The molecule has 1 aliphatic carbocycles. The molecule has 4 rings (SSSR count). The third-order valence-corrected chi connectivity index (χ3v) is 6.55. The first-order valence-electron chi connectivity index (χ1n) is 9.40. The summed E-state index contributed by atoms with van der Waals surface area (Å²) in [6.07, 6.45) is 6.96. The van der Waals surface area contributed by atoms with Crippen molar-refractivity contribution in [2.75, 3.05) is 10.6 Å². The van der Waals surface area contributed by atoms with E-state index in [1.165, 1.54) is 25.7 Å². The van der Waals surface area contributed by atoms with Crippen molar-refractivity contribution in [3.63, 3.8) is 0 Å². The van der Waals surface area contributed by atoms with Gasteiger partial charge in [-0.05, 0) is 36.6 Å². The standard InChI is InChI=1S/C21H22Cl3N3/c22-15-8-4-3-7-14(15)13-25-20-21(9-5-1-2-6-10-21)27-19-12-17(24)16(23)11-18(19)26-20/h3-4,7-8,11-12,27H,1-2,5-6,9-10,13H2,(H,25,26). The predicted molar refractivity (Wildman–Crippen MR) is 117 cm³/mol. The third kappa shape index (κ3) is 3.91. The molecule has 2 aromatic carbocycles. The largest absolute Gasteiger partial charge is 0.371 e. The molecular weight excluding hydrogens is 401 g/mol. The lowest BCUT2D eigenvalue weighted by atomic mass is 9.86. The molecule has 1 aliphatic heterocycles. The van der Waals surface area contributed by atoms with Crippen LogP contribution in [0.4, 0.5) is 11.4 Å². The normalized spacial score (nSPS) is 19.9. The van der Waals surface area contributed by atoms with Crippen LogP contribution in [0.3, 0.4) is 0 Å². The Morgan fingerprint density at radius 3 is 2.22 bits per heavy atom. The van der Waals surface area contributed by atoms with Gasteiger partial charge in [-0.1, -0.05) is 78.7 Å². The molecule has 0 atom stereocenters. The fraction of sp³-hybridized carbons (Fsp3) is 0.381. The van der Waals surface area contributed by atoms with E-state index < -0.39 is 0 Å². The Morgan fingerprint density at radius 2 is 1.52 bits per heavy atom. The molecule has 2 aromatic rings. The molecule has 0 amide bonds. The lowest BCUT2D eigenvalue weighted by molar-refractivity contribution is 0.524. The molecule has 1 spiro atoms. The number of hydrogen-bond acceptors (Lipinski definition) is 2. The summed E-state index contributed by atoms with van der Waals surface area (Å²) < 4.78 is 0. The first-order valence-corrected chi connectivity index (χ1v) is 10.5. The molecule has 142 valence electrons. The smallest absolute Gasteiger partial charge is 0.127 e. The highest BCUT2D eigenvalue weighted by Crippen LogP contribution is 2.42. The number of nitrogens with one attached hydrogen (secondary N) is 2. The summed E-state index contributed by atoms with van der Waals surface area (Å²) in [5.74, 6) is 0.968. The number of benzene rings is 2. The second-order valence-corrected chi connectivity index (χ2v) is 8.54. The summed E-state index contributed by atoms with van der Waals surface area (Å²) in [5.41, 5.74) is 2.74. The maximum Gasteiger partial charge on any atom is 0.127 e. The van der Waals surface area contributed by atoms with Crippen molar-refractivity contribution in [2.45, 2.75) is 50.6 Å². The van der Waals surface area contributed by atoms with Crippen molar-refractivity contribution >= 4 is 52.0 Å². The Morgan fingerprint density at radius 1 is 0.852 bits per heavy atom. The first kappa shape index (κ1) is 18.9. The minimum atomic E-state index is -0.193. The molecular formula is C21H22Cl3N3. The number of amidine groups is 1. The van der Waals surface area contributed by atoms with E-state index in [1.54, 1.807) is 0 Å². The maximum absolute atomic E-state index is 6.33. The second kappa shape index (κ2) is 7.90. The summed E-state index contributed by atoms with van der Waals surface area (Å²) >= 11 is 18.8.